The van der Waals surface area contributed by atoms with E-state index in [9.17, 15) is 0 Å². The molecule has 0 aliphatic carbocycles. The van der Waals surface area contributed by atoms with E-state index < -0.39 is 0 Å². The van der Waals surface area contributed by atoms with Crippen molar-refractivity contribution < 1.29 is 0 Å². The van der Waals surface area contributed by atoms with Gasteiger partial charge in [0.15, 0.2) is 0 Å². The molecule has 1 heterocycles. The van der Waals surface area contributed by atoms with E-state index in [1.807, 2.05) is 11.7 Å². The first-order valence-electron chi connectivity index (χ1n) is 3.01. The third-order valence-electron chi connectivity index (χ3n) is 1.03. The highest BCUT2D eigenvalue weighted by Crippen LogP contribution is 2.03. The van der Waals surface area contributed by atoms with Crippen molar-refractivity contribution in [2.45, 2.75) is 13.5 Å². The molecular formula is C6H10N2S. The molecule has 0 atom stereocenters. The molecule has 3 heteroatoms. The molecular weight excluding hydrogens is 132 g/mol. The Labute approximate surface area is 58.9 Å². The van der Waals surface area contributed by atoms with E-state index >= 15 is 0 Å². The van der Waals surface area contributed by atoms with Gasteiger partial charge in [-0.3, -0.25) is 4.98 Å². The molecule has 0 saturated heterocycles. The van der Waals surface area contributed by atoms with Crippen LogP contribution < -0.4 is 5.32 Å². The summed E-state index contributed by atoms with van der Waals surface area (Å²) in [6.45, 7) is 4.08. The summed E-state index contributed by atoms with van der Waals surface area (Å²) < 4.78 is 0. The minimum atomic E-state index is 0.959. The first-order chi connectivity index (χ1) is 4.43. The van der Waals surface area contributed by atoms with Crippen LogP contribution in [-0.4, -0.2) is 11.5 Å². The van der Waals surface area contributed by atoms with Gasteiger partial charge in [0, 0.05) is 17.6 Å². The summed E-state index contributed by atoms with van der Waals surface area (Å²) >= 11 is 1.69. The van der Waals surface area contributed by atoms with Gasteiger partial charge in [0.05, 0.1) is 5.51 Å². The minimum absolute atomic E-state index is 0.959. The highest BCUT2D eigenvalue weighted by Gasteiger charge is 1.89. The van der Waals surface area contributed by atoms with E-state index in [0.29, 0.717) is 0 Å². The summed E-state index contributed by atoms with van der Waals surface area (Å²) in [4.78, 5) is 5.26. The van der Waals surface area contributed by atoms with E-state index in [4.69, 9.17) is 0 Å². The maximum atomic E-state index is 3.95. The minimum Gasteiger partial charge on any atom is -0.312 e. The predicted octanol–water partition coefficient (Wildman–Crippen LogP) is 1.25. The average Bonchev–Trinajstić information content (AvgIpc) is 2.34. The summed E-state index contributed by atoms with van der Waals surface area (Å²) in [5.41, 5.74) is 1.85. The molecule has 0 saturated carbocycles. The quantitative estimate of drug-likeness (QED) is 0.687. The van der Waals surface area contributed by atoms with E-state index in [-0.39, 0.29) is 0 Å². The first-order valence-corrected chi connectivity index (χ1v) is 3.89. The van der Waals surface area contributed by atoms with Crippen LogP contribution in [0, 0.1) is 0 Å². The fraction of sp³-hybridized carbons (Fsp3) is 0.500. The molecule has 0 aromatic carbocycles. The van der Waals surface area contributed by atoms with Crippen LogP contribution in [-0.2, 0) is 6.54 Å². The number of rotatable bonds is 3. The Morgan fingerprint density at radius 3 is 3.22 bits per heavy atom. The zero-order valence-corrected chi connectivity index (χ0v) is 6.24. The Balaban J connectivity index is 2.30. The molecule has 1 N–H and O–H groups in total. The SMILES string of the molecule is CCNCc1cncs1. The first kappa shape index (κ1) is 6.71. The lowest BCUT2D eigenvalue weighted by Crippen LogP contribution is -2.10. The number of thiazole rings is 1. The van der Waals surface area contributed by atoms with Crippen LogP contribution in [0.25, 0.3) is 0 Å². The molecule has 0 fully saturated rings. The highest BCUT2D eigenvalue weighted by molar-refractivity contribution is 7.09. The smallest absolute Gasteiger partial charge is 0.0794 e. The highest BCUT2D eigenvalue weighted by atomic mass is 32.1. The van der Waals surface area contributed by atoms with E-state index in [0.717, 1.165) is 13.1 Å². The van der Waals surface area contributed by atoms with Crippen molar-refractivity contribution in [2.75, 3.05) is 6.54 Å². The van der Waals surface area contributed by atoms with Gasteiger partial charge in [-0.25, -0.2) is 0 Å². The molecule has 0 radical (unpaired) electrons. The molecule has 9 heavy (non-hydrogen) atoms. The maximum absolute atomic E-state index is 3.95. The van der Waals surface area contributed by atoms with Gasteiger partial charge in [-0.05, 0) is 6.54 Å². The van der Waals surface area contributed by atoms with Crippen LogP contribution in [0.5, 0.6) is 0 Å². The Morgan fingerprint density at radius 1 is 1.78 bits per heavy atom. The zero-order valence-electron chi connectivity index (χ0n) is 5.42. The van der Waals surface area contributed by atoms with Crippen molar-refractivity contribution in [2.24, 2.45) is 0 Å². The Kier molecular flexibility index (Phi) is 2.67. The molecule has 0 spiro atoms. The number of hydrogen-bond donors (Lipinski definition) is 1. The van der Waals surface area contributed by atoms with Gasteiger partial charge in [-0.15, -0.1) is 11.3 Å². The topological polar surface area (TPSA) is 24.9 Å². The average molecular weight is 142 g/mol. The van der Waals surface area contributed by atoms with Gasteiger partial charge >= 0.3 is 0 Å². The van der Waals surface area contributed by atoms with Gasteiger partial charge in [0.1, 0.15) is 0 Å². The predicted molar refractivity (Wildman–Crippen MR) is 39.5 cm³/mol. The fourth-order valence-corrected chi connectivity index (χ4v) is 1.14. The molecule has 0 aliphatic rings. The zero-order chi connectivity index (χ0) is 6.53. The van der Waals surface area contributed by atoms with Crippen LogP contribution in [0.2, 0.25) is 0 Å². The summed E-state index contributed by atoms with van der Waals surface area (Å²) in [6, 6.07) is 0. The number of nitrogens with zero attached hydrogens (tertiary/aromatic N) is 1. The third kappa shape index (κ3) is 2.11. The summed E-state index contributed by atoms with van der Waals surface area (Å²) in [7, 11) is 0. The number of aromatic nitrogens is 1. The molecule has 1 rings (SSSR count). The monoisotopic (exact) mass is 142 g/mol. The lowest BCUT2D eigenvalue weighted by atomic mass is 10.5. The van der Waals surface area contributed by atoms with E-state index in [2.05, 4.69) is 17.2 Å². The standard InChI is InChI=1S/C6H10N2S/c1-2-7-3-6-4-8-5-9-6/h4-5,7H,2-3H2,1H3. The third-order valence-corrected chi connectivity index (χ3v) is 1.81. The summed E-state index contributed by atoms with van der Waals surface area (Å²) in [6.07, 6.45) is 1.90. The van der Waals surface area contributed by atoms with Crippen LogP contribution in [0.1, 0.15) is 11.8 Å². The molecule has 0 amide bonds. The van der Waals surface area contributed by atoms with Crippen molar-refractivity contribution in [3.05, 3.63) is 16.6 Å². The maximum Gasteiger partial charge on any atom is 0.0794 e. The van der Waals surface area contributed by atoms with Gasteiger partial charge in [-0.1, -0.05) is 6.92 Å². The van der Waals surface area contributed by atoms with Crippen molar-refractivity contribution in [1.82, 2.24) is 10.3 Å². The van der Waals surface area contributed by atoms with E-state index in [1.54, 1.807) is 11.3 Å². The lowest BCUT2D eigenvalue weighted by Gasteiger charge is -1.93. The van der Waals surface area contributed by atoms with Gasteiger partial charge in [0.25, 0.3) is 0 Å². The largest absolute Gasteiger partial charge is 0.312 e. The Morgan fingerprint density at radius 2 is 2.67 bits per heavy atom. The molecule has 50 valence electrons. The number of nitrogens with one attached hydrogen (secondary N) is 1. The second-order valence-electron chi connectivity index (χ2n) is 1.75. The Bertz CT molecular complexity index is 148. The fourth-order valence-electron chi connectivity index (χ4n) is 0.578. The van der Waals surface area contributed by atoms with E-state index in [1.165, 1.54) is 4.88 Å². The number of hydrogen-bond acceptors (Lipinski definition) is 3. The van der Waals surface area contributed by atoms with Crippen molar-refractivity contribution in [1.29, 1.82) is 0 Å². The van der Waals surface area contributed by atoms with Gasteiger partial charge < -0.3 is 5.32 Å². The van der Waals surface area contributed by atoms with Crippen LogP contribution in [0.15, 0.2) is 11.7 Å². The molecule has 1 aromatic heterocycles. The van der Waals surface area contributed by atoms with Crippen LogP contribution in [0.3, 0.4) is 0 Å². The summed E-state index contributed by atoms with van der Waals surface area (Å²) in [5.74, 6) is 0. The molecule has 2 nitrogen and oxygen atoms in total. The second kappa shape index (κ2) is 3.58. The molecule has 0 bridgehead atoms. The van der Waals surface area contributed by atoms with Crippen molar-refractivity contribution in [3.8, 4) is 0 Å². The molecule has 0 aliphatic heterocycles. The van der Waals surface area contributed by atoms with Crippen molar-refractivity contribution >= 4 is 11.3 Å². The second-order valence-corrected chi connectivity index (χ2v) is 2.72. The lowest BCUT2D eigenvalue weighted by molar-refractivity contribution is 0.734. The summed E-state index contributed by atoms with van der Waals surface area (Å²) in [5, 5.41) is 3.22. The normalized spacial score (nSPS) is 9.89. The van der Waals surface area contributed by atoms with Crippen LogP contribution >= 0.6 is 11.3 Å². The van der Waals surface area contributed by atoms with Crippen molar-refractivity contribution in [3.63, 3.8) is 0 Å². The molecule has 1 aromatic rings. The Hall–Kier alpha value is -0.410. The molecule has 0 unspecified atom stereocenters. The van der Waals surface area contributed by atoms with Gasteiger partial charge in [0.2, 0.25) is 0 Å². The van der Waals surface area contributed by atoms with Gasteiger partial charge in [-0.2, -0.15) is 0 Å². The van der Waals surface area contributed by atoms with Crippen LogP contribution in [0.4, 0.5) is 0 Å².